The Bertz CT molecular complexity index is 954. The van der Waals surface area contributed by atoms with Crippen molar-refractivity contribution in [1.82, 2.24) is 9.21 Å². The minimum absolute atomic E-state index is 0. The number of rotatable bonds is 8. The molecule has 1 aliphatic carbocycles. The number of nitrogens with zero attached hydrogens (tertiary/aromatic N) is 2. The van der Waals surface area contributed by atoms with Gasteiger partial charge < -0.3 is 0 Å². The van der Waals surface area contributed by atoms with E-state index in [9.17, 15) is 26.4 Å². The summed E-state index contributed by atoms with van der Waals surface area (Å²) in [6.07, 6.45) is 0.503. The first-order valence-electron chi connectivity index (χ1n) is 11.2. The molecule has 1 saturated carbocycles. The van der Waals surface area contributed by atoms with Crippen LogP contribution in [0.1, 0.15) is 62.2 Å². The molecule has 0 N–H and O–H groups in total. The molecule has 0 radical (unpaired) electrons. The monoisotopic (exact) mass is 564 g/mol. The van der Waals surface area contributed by atoms with Crippen LogP contribution in [-0.2, 0) is 10.0 Å². The SMILES string of the molecule is CCCS(=O)(=O)N1CCN(C2(CCC(=O)c3c(F)cc(Cl)cc3Cl)CCC(F)(F)CC2)CC1.Cl. The lowest BCUT2D eigenvalue weighted by molar-refractivity contribution is -0.0891. The summed E-state index contributed by atoms with van der Waals surface area (Å²) in [5, 5.41) is -0.0000917. The summed E-state index contributed by atoms with van der Waals surface area (Å²) in [6.45, 7) is 3.17. The van der Waals surface area contributed by atoms with E-state index in [0.29, 0.717) is 19.5 Å². The largest absolute Gasteiger partial charge is 0.295 e. The van der Waals surface area contributed by atoms with Gasteiger partial charge in [-0.3, -0.25) is 9.69 Å². The average Bonchev–Trinajstić information content (AvgIpc) is 2.73. The third-order valence-electron chi connectivity index (χ3n) is 6.78. The van der Waals surface area contributed by atoms with E-state index in [1.165, 1.54) is 10.4 Å². The van der Waals surface area contributed by atoms with Crippen molar-refractivity contribution in [2.75, 3.05) is 31.9 Å². The lowest BCUT2D eigenvalue weighted by atomic mass is 9.74. The first-order chi connectivity index (χ1) is 15.4. The Labute approximate surface area is 215 Å². The van der Waals surface area contributed by atoms with E-state index in [-0.39, 0.29) is 85.4 Å². The fourth-order valence-electron chi connectivity index (χ4n) is 4.91. The number of alkyl halides is 2. The predicted molar refractivity (Wildman–Crippen MR) is 131 cm³/mol. The second kappa shape index (κ2) is 11.6. The third-order valence-corrected chi connectivity index (χ3v) is 9.37. The molecule has 5 nitrogen and oxygen atoms in total. The highest BCUT2D eigenvalue weighted by atomic mass is 35.5. The van der Waals surface area contributed by atoms with Crippen molar-refractivity contribution >= 4 is 51.4 Å². The summed E-state index contributed by atoms with van der Waals surface area (Å²) in [4.78, 5) is 14.9. The molecular weight excluding hydrogens is 536 g/mol. The Morgan fingerprint density at radius 2 is 1.65 bits per heavy atom. The number of carbonyl (C=O) groups excluding carboxylic acids is 1. The maximum Gasteiger partial charge on any atom is 0.248 e. The van der Waals surface area contributed by atoms with E-state index in [4.69, 9.17) is 23.2 Å². The van der Waals surface area contributed by atoms with Crippen LogP contribution in [0.3, 0.4) is 0 Å². The Morgan fingerprint density at radius 1 is 1.06 bits per heavy atom. The molecule has 0 aromatic heterocycles. The highest BCUT2D eigenvalue weighted by molar-refractivity contribution is 7.89. The fraction of sp³-hybridized carbons (Fsp3) is 0.682. The van der Waals surface area contributed by atoms with Crippen LogP contribution in [0.4, 0.5) is 13.2 Å². The molecule has 1 aromatic rings. The molecule has 0 amide bonds. The van der Waals surface area contributed by atoms with Crippen LogP contribution in [0, 0.1) is 5.82 Å². The van der Waals surface area contributed by atoms with Gasteiger partial charge in [-0.05, 0) is 37.8 Å². The second-order valence-corrected chi connectivity index (χ2v) is 11.9. The second-order valence-electron chi connectivity index (χ2n) is 8.95. The smallest absolute Gasteiger partial charge is 0.248 e. The van der Waals surface area contributed by atoms with Gasteiger partial charge >= 0.3 is 0 Å². The number of piperazine rings is 1. The van der Waals surface area contributed by atoms with Crippen LogP contribution < -0.4 is 0 Å². The van der Waals surface area contributed by atoms with Crippen LogP contribution in [0.25, 0.3) is 0 Å². The third kappa shape index (κ3) is 6.79. The lowest BCUT2D eigenvalue weighted by Gasteiger charge is -2.51. The summed E-state index contributed by atoms with van der Waals surface area (Å²) in [7, 11) is -3.34. The molecule has 1 aromatic carbocycles. The van der Waals surface area contributed by atoms with E-state index in [1.54, 1.807) is 6.92 Å². The van der Waals surface area contributed by atoms with Gasteiger partial charge in [0.2, 0.25) is 15.9 Å². The Balaban J connectivity index is 0.00000408. The molecule has 34 heavy (non-hydrogen) atoms. The Morgan fingerprint density at radius 3 is 2.18 bits per heavy atom. The standard InChI is InChI=1S/C22H29Cl2F3N2O3S.ClH/c1-2-13-33(31,32)29-11-9-28(10-12-29)21(5-7-22(26,27)8-6-21)4-3-19(30)20-17(24)14-16(23)15-18(20)25;/h14-15H,2-13H2,1H3;1H. The number of ketones is 1. The minimum atomic E-state index is -3.34. The predicted octanol–water partition coefficient (Wildman–Crippen LogP) is 5.82. The Kier molecular flexibility index (Phi) is 10.2. The van der Waals surface area contributed by atoms with Crippen molar-refractivity contribution in [3.05, 3.63) is 33.6 Å². The van der Waals surface area contributed by atoms with Gasteiger partial charge in [-0.25, -0.2) is 21.6 Å². The van der Waals surface area contributed by atoms with Crippen LogP contribution in [0.5, 0.6) is 0 Å². The number of sulfonamides is 1. The topological polar surface area (TPSA) is 57.7 Å². The lowest BCUT2D eigenvalue weighted by Crippen LogP contribution is -2.60. The molecule has 0 bridgehead atoms. The number of Topliss-reactive ketones (excluding diaryl/α,β-unsaturated/α-hetero) is 1. The maximum atomic E-state index is 14.3. The molecule has 194 valence electrons. The van der Waals surface area contributed by atoms with Gasteiger partial charge in [0.1, 0.15) is 5.82 Å². The molecule has 12 heteroatoms. The number of carbonyl (C=O) groups is 1. The highest BCUT2D eigenvalue weighted by Gasteiger charge is 2.47. The molecule has 0 atom stereocenters. The Hall–Kier alpha value is -0.580. The summed E-state index contributed by atoms with van der Waals surface area (Å²) >= 11 is 11.8. The van der Waals surface area contributed by atoms with Gasteiger partial charge in [-0.1, -0.05) is 30.1 Å². The van der Waals surface area contributed by atoms with Crippen LogP contribution in [0.15, 0.2) is 12.1 Å². The quantitative estimate of drug-likeness (QED) is 0.373. The molecule has 1 aliphatic heterocycles. The van der Waals surface area contributed by atoms with Gasteiger partial charge in [0.25, 0.3) is 0 Å². The van der Waals surface area contributed by atoms with Gasteiger partial charge in [0.05, 0.1) is 16.3 Å². The molecule has 0 spiro atoms. The van der Waals surface area contributed by atoms with Gasteiger partial charge in [-0.2, -0.15) is 4.31 Å². The number of benzene rings is 1. The zero-order valence-electron chi connectivity index (χ0n) is 19.0. The van der Waals surface area contributed by atoms with Gasteiger partial charge in [0, 0.05) is 56.0 Å². The molecule has 0 unspecified atom stereocenters. The summed E-state index contributed by atoms with van der Waals surface area (Å²) < 4.78 is 68.5. The van der Waals surface area contributed by atoms with Crippen LogP contribution in [-0.4, -0.2) is 66.8 Å². The normalized spacial score (nSPS) is 21.1. The first kappa shape index (κ1) is 29.6. The van der Waals surface area contributed by atoms with E-state index in [2.05, 4.69) is 0 Å². The molecule has 1 saturated heterocycles. The average molecular weight is 566 g/mol. The van der Waals surface area contributed by atoms with E-state index in [1.807, 2.05) is 4.90 Å². The fourth-order valence-corrected chi connectivity index (χ4v) is 6.98. The van der Waals surface area contributed by atoms with Crippen LogP contribution >= 0.6 is 35.6 Å². The number of hydrogen-bond donors (Lipinski definition) is 0. The van der Waals surface area contributed by atoms with Gasteiger partial charge in [-0.15, -0.1) is 12.4 Å². The minimum Gasteiger partial charge on any atom is -0.295 e. The first-order valence-corrected chi connectivity index (χ1v) is 13.5. The number of hydrogen-bond acceptors (Lipinski definition) is 4. The van der Waals surface area contributed by atoms with Crippen molar-refractivity contribution < 1.29 is 26.4 Å². The van der Waals surface area contributed by atoms with Crippen molar-refractivity contribution in [3.8, 4) is 0 Å². The molecular formula is C22H30Cl3F3N2O3S. The van der Waals surface area contributed by atoms with Crippen molar-refractivity contribution in [1.29, 1.82) is 0 Å². The van der Waals surface area contributed by atoms with Crippen molar-refractivity contribution in [3.63, 3.8) is 0 Å². The summed E-state index contributed by atoms with van der Waals surface area (Å²) in [5.74, 6) is -4.00. The van der Waals surface area contributed by atoms with E-state index < -0.39 is 33.1 Å². The highest BCUT2D eigenvalue weighted by Crippen LogP contribution is 2.44. The van der Waals surface area contributed by atoms with Gasteiger partial charge in [0.15, 0.2) is 5.78 Å². The van der Waals surface area contributed by atoms with E-state index in [0.717, 1.165) is 6.07 Å². The molecule has 2 aliphatic rings. The van der Waals surface area contributed by atoms with E-state index >= 15 is 0 Å². The molecule has 2 fully saturated rings. The van der Waals surface area contributed by atoms with Crippen LogP contribution in [0.2, 0.25) is 10.0 Å². The van der Waals surface area contributed by atoms with Crippen molar-refractivity contribution in [2.24, 2.45) is 0 Å². The summed E-state index contributed by atoms with van der Waals surface area (Å²) in [6, 6.07) is 2.32. The molecule has 3 rings (SSSR count). The summed E-state index contributed by atoms with van der Waals surface area (Å²) in [5.41, 5.74) is -0.916. The number of halogens is 6. The molecule has 1 heterocycles. The maximum absolute atomic E-state index is 14.3. The zero-order chi connectivity index (χ0) is 24.4. The van der Waals surface area contributed by atoms with Crippen molar-refractivity contribution in [2.45, 2.75) is 63.3 Å². The zero-order valence-corrected chi connectivity index (χ0v) is 22.1.